The molecule has 0 aliphatic heterocycles. The molecular formula is C12H15N3O. The largest absolute Gasteiger partial charge is 0.497 e. The second-order valence-corrected chi connectivity index (χ2v) is 3.39. The summed E-state index contributed by atoms with van der Waals surface area (Å²) in [4.78, 5) is 4.25. The van der Waals surface area contributed by atoms with Crippen LogP contribution in [0.4, 0.5) is 11.6 Å². The zero-order chi connectivity index (χ0) is 11.4. The summed E-state index contributed by atoms with van der Waals surface area (Å²) in [6, 6.07) is 7.78. The van der Waals surface area contributed by atoms with Gasteiger partial charge in [0.1, 0.15) is 5.75 Å². The van der Waals surface area contributed by atoms with Gasteiger partial charge in [-0.25, -0.2) is 4.98 Å². The molecular weight excluding hydrogens is 202 g/mol. The highest BCUT2D eigenvalue weighted by Crippen LogP contribution is 2.20. The van der Waals surface area contributed by atoms with Crippen molar-refractivity contribution in [2.75, 3.05) is 12.4 Å². The molecule has 0 radical (unpaired) electrons. The lowest BCUT2D eigenvalue weighted by Gasteiger charge is -2.08. The van der Waals surface area contributed by atoms with Crippen LogP contribution in [0.15, 0.2) is 36.7 Å². The fourth-order valence-corrected chi connectivity index (χ4v) is 1.52. The van der Waals surface area contributed by atoms with Crippen molar-refractivity contribution in [1.29, 1.82) is 0 Å². The molecule has 0 unspecified atom stereocenters. The van der Waals surface area contributed by atoms with Gasteiger partial charge >= 0.3 is 0 Å². The van der Waals surface area contributed by atoms with Crippen molar-refractivity contribution < 1.29 is 4.74 Å². The molecule has 1 heterocycles. The molecule has 0 fully saturated rings. The second-order valence-electron chi connectivity index (χ2n) is 3.39. The van der Waals surface area contributed by atoms with Crippen LogP contribution in [-0.2, 0) is 6.54 Å². The first-order chi connectivity index (χ1) is 7.83. The van der Waals surface area contributed by atoms with E-state index in [1.54, 1.807) is 13.3 Å². The van der Waals surface area contributed by atoms with Crippen molar-refractivity contribution in [1.82, 2.24) is 9.55 Å². The molecule has 0 saturated heterocycles. The predicted octanol–water partition coefficient (Wildman–Crippen LogP) is 2.66. The Balaban J connectivity index is 2.20. The Kier molecular flexibility index (Phi) is 3.10. The minimum atomic E-state index is 0.833. The molecule has 2 aromatic rings. The third kappa shape index (κ3) is 2.16. The Hall–Kier alpha value is -1.97. The van der Waals surface area contributed by atoms with E-state index in [0.717, 1.165) is 23.9 Å². The summed E-state index contributed by atoms with van der Waals surface area (Å²) in [5.41, 5.74) is 0.972. The van der Waals surface area contributed by atoms with E-state index >= 15 is 0 Å². The van der Waals surface area contributed by atoms with E-state index in [1.807, 2.05) is 35.0 Å². The molecule has 0 atom stereocenters. The first-order valence-corrected chi connectivity index (χ1v) is 5.25. The summed E-state index contributed by atoms with van der Waals surface area (Å²) >= 11 is 0. The number of aromatic nitrogens is 2. The van der Waals surface area contributed by atoms with Crippen LogP contribution in [0, 0.1) is 0 Å². The van der Waals surface area contributed by atoms with Crippen molar-refractivity contribution in [3.8, 4) is 5.75 Å². The highest BCUT2D eigenvalue weighted by Gasteiger charge is 2.01. The fourth-order valence-electron chi connectivity index (χ4n) is 1.52. The lowest BCUT2D eigenvalue weighted by Crippen LogP contribution is -2.01. The SMILES string of the molecule is CCn1ccnc1Nc1cccc(OC)c1. The Labute approximate surface area is 94.9 Å². The smallest absolute Gasteiger partial charge is 0.207 e. The van der Waals surface area contributed by atoms with Gasteiger partial charge in [0.2, 0.25) is 5.95 Å². The van der Waals surface area contributed by atoms with Crippen molar-refractivity contribution in [2.24, 2.45) is 0 Å². The number of ether oxygens (including phenoxy) is 1. The molecule has 0 amide bonds. The van der Waals surface area contributed by atoms with E-state index in [-0.39, 0.29) is 0 Å². The summed E-state index contributed by atoms with van der Waals surface area (Å²) in [5.74, 6) is 1.68. The molecule has 84 valence electrons. The highest BCUT2D eigenvalue weighted by molar-refractivity contribution is 5.56. The van der Waals surface area contributed by atoms with Crippen LogP contribution in [0.2, 0.25) is 0 Å². The zero-order valence-electron chi connectivity index (χ0n) is 9.47. The number of benzene rings is 1. The third-order valence-corrected chi connectivity index (χ3v) is 2.38. The summed E-state index contributed by atoms with van der Waals surface area (Å²) < 4.78 is 7.20. The first-order valence-electron chi connectivity index (χ1n) is 5.25. The molecule has 0 saturated carbocycles. The van der Waals surface area contributed by atoms with Crippen LogP contribution >= 0.6 is 0 Å². The Morgan fingerprint density at radius 2 is 2.31 bits per heavy atom. The Morgan fingerprint density at radius 1 is 1.44 bits per heavy atom. The van der Waals surface area contributed by atoms with E-state index in [0.29, 0.717) is 0 Å². The second kappa shape index (κ2) is 4.70. The van der Waals surface area contributed by atoms with E-state index in [4.69, 9.17) is 4.74 Å². The van der Waals surface area contributed by atoms with Gasteiger partial charge in [0.05, 0.1) is 7.11 Å². The molecule has 0 aliphatic rings. The van der Waals surface area contributed by atoms with Gasteiger partial charge in [-0.15, -0.1) is 0 Å². The molecule has 4 heteroatoms. The van der Waals surface area contributed by atoms with Gasteiger partial charge in [0.25, 0.3) is 0 Å². The Morgan fingerprint density at radius 3 is 3.06 bits per heavy atom. The van der Waals surface area contributed by atoms with Gasteiger partial charge in [0.15, 0.2) is 0 Å². The summed E-state index contributed by atoms with van der Waals surface area (Å²) in [5, 5.41) is 3.25. The number of imidazole rings is 1. The van der Waals surface area contributed by atoms with Gasteiger partial charge in [0, 0.05) is 30.7 Å². The number of hydrogen-bond acceptors (Lipinski definition) is 3. The highest BCUT2D eigenvalue weighted by atomic mass is 16.5. The lowest BCUT2D eigenvalue weighted by molar-refractivity contribution is 0.415. The third-order valence-electron chi connectivity index (χ3n) is 2.38. The Bertz CT molecular complexity index is 465. The van der Waals surface area contributed by atoms with E-state index < -0.39 is 0 Å². The van der Waals surface area contributed by atoms with Crippen molar-refractivity contribution in [2.45, 2.75) is 13.5 Å². The van der Waals surface area contributed by atoms with Crippen LogP contribution in [-0.4, -0.2) is 16.7 Å². The summed E-state index contributed by atoms with van der Waals surface area (Å²) in [6.45, 7) is 2.98. The fraction of sp³-hybridized carbons (Fsp3) is 0.250. The normalized spacial score (nSPS) is 10.1. The maximum absolute atomic E-state index is 5.16. The number of anilines is 2. The molecule has 0 aliphatic carbocycles. The van der Waals surface area contributed by atoms with Crippen molar-refractivity contribution >= 4 is 11.6 Å². The quantitative estimate of drug-likeness (QED) is 0.855. The minimum Gasteiger partial charge on any atom is -0.497 e. The number of rotatable bonds is 4. The van der Waals surface area contributed by atoms with Gasteiger partial charge in [-0.3, -0.25) is 0 Å². The topological polar surface area (TPSA) is 39.1 Å². The molecule has 16 heavy (non-hydrogen) atoms. The van der Waals surface area contributed by atoms with E-state index in [1.165, 1.54) is 0 Å². The van der Waals surface area contributed by atoms with Gasteiger partial charge < -0.3 is 14.6 Å². The number of methoxy groups -OCH3 is 1. The summed E-state index contributed by atoms with van der Waals surface area (Å²) in [6.07, 6.45) is 3.73. The molecule has 0 spiro atoms. The van der Waals surface area contributed by atoms with E-state index in [9.17, 15) is 0 Å². The molecule has 2 rings (SSSR count). The van der Waals surface area contributed by atoms with Crippen LogP contribution in [0.1, 0.15) is 6.92 Å². The summed E-state index contributed by atoms with van der Waals surface area (Å²) in [7, 11) is 1.66. The first kappa shape index (κ1) is 10.5. The number of aryl methyl sites for hydroxylation is 1. The van der Waals surface area contributed by atoms with Gasteiger partial charge in [-0.05, 0) is 19.1 Å². The van der Waals surface area contributed by atoms with Crippen LogP contribution in [0.3, 0.4) is 0 Å². The number of nitrogens with one attached hydrogen (secondary N) is 1. The molecule has 4 nitrogen and oxygen atoms in total. The van der Waals surface area contributed by atoms with Crippen LogP contribution in [0.25, 0.3) is 0 Å². The molecule has 1 aromatic heterocycles. The van der Waals surface area contributed by atoms with Crippen molar-refractivity contribution in [3.63, 3.8) is 0 Å². The number of hydrogen-bond donors (Lipinski definition) is 1. The van der Waals surface area contributed by atoms with Crippen LogP contribution in [0.5, 0.6) is 5.75 Å². The standard InChI is InChI=1S/C12H15N3O/c1-3-15-8-7-13-12(15)14-10-5-4-6-11(9-10)16-2/h4-9H,3H2,1-2H3,(H,13,14). The van der Waals surface area contributed by atoms with E-state index in [2.05, 4.69) is 17.2 Å². The predicted molar refractivity (Wildman–Crippen MR) is 64.2 cm³/mol. The maximum atomic E-state index is 5.16. The monoisotopic (exact) mass is 217 g/mol. The van der Waals surface area contributed by atoms with Crippen LogP contribution < -0.4 is 10.1 Å². The minimum absolute atomic E-state index is 0.833. The average Bonchev–Trinajstić information content (AvgIpc) is 2.76. The van der Waals surface area contributed by atoms with Crippen molar-refractivity contribution in [3.05, 3.63) is 36.7 Å². The lowest BCUT2D eigenvalue weighted by atomic mass is 10.3. The maximum Gasteiger partial charge on any atom is 0.207 e. The van der Waals surface area contributed by atoms with Gasteiger partial charge in [-0.2, -0.15) is 0 Å². The van der Waals surface area contributed by atoms with Gasteiger partial charge in [-0.1, -0.05) is 6.07 Å². The zero-order valence-corrected chi connectivity index (χ0v) is 9.47. The molecule has 1 aromatic carbocycles. The molecule has 1 N–H and O–H groups in total. The number of nitrogens with zero attached hydrogens (tertiary/aromatic N) is 2. The molecule has 0 bridgehead atoms. The average molecular weight is 217 g/mol.